The molecule has 1 aromatic heterocycles. The van der Waals surface area contributed by atoms with Crippen LogP contribution in [-0.4, -0.2) is 22.6 Å². The minimum absolute atomic E-state index is 0.0352. The summed E-state index contributed by atoms with van der Waals surface area (Å²) in [5, 5.41) is 13.7. The third kappa shape index (κ3) is 3.94. The Morgan fingerprint density at radius 3 is 2.29 bits per heavy atom. The molecular weight excluding hydrogens is 474 g/mol. The van der Waals surface area contributed by atoms with E-state index in [4.69, 9.17) is 16.0 Å². The van der Waals surface area contributed by atoms with E-state index in [0.717, 1.165) is 4.90 Å². The highest BCUT2D eigenvalue weighted by molar-refractivity contribution is 6.36. The smallest absolute Gasteiger partial charge is 0.291 e. The third-order valence-electron chi connectivity index (χ3n) is 5.42. The largest absolute Gasteiger partial charge is 0.451 e. The van der Waals surface area contributed by atoms with Crippen LogP contribution in [0.15, 0.2) is 83.3 Å². The second-order valence-electron chi connectivity index (χ2n) is 7.58. The zero-order chi connectivity index (χ0) is 24.7. The molecule has 0 aliphatic carbocycles. The normalized spacial score (nSPS) is 12.5. The zero-order valence-corrected chi connectivity index (χ0v) is 18.5. The van der Waals surface area contributed by atoms with E-state index in [1.54, 1.807) is 30.3 Å². The molecule has 0 bridgehead atoms. The molecule has 0 spiro atoms. The van der Waals surface area contributed by atoms with Gasteiger partial charge in [-0.1, -0.05) is 35.9 Å². The number of anilines is 2. The summed E-state index contributed by atoms with van der Waals surface area (Å²) in [4.78, 5) is 49.6. The number of fused-ring (bicyclic) bond motifs is 1. The Balaban J connectivity index is 1.34. The molecule has 4 aromatic rings. The van der Waals surface area contributed by atoms with Crippen molar-refractivity contribution in [3.05, 3.63) is 111 Å². The number of nitro groups is 1. The summed E-state index contributed by atoms with van der Waals surface area (Å²) in [6.45, 7) is 0. The van der Waals surface area contributed by atoms with Crippen molar-refractivity contribution in [1.29, 1.82) is 0 Å². The van der Waals surface area contributed by atoms with Gasteiger partial charge in [0, 0.05) is 17.7 Å². The van der Waals surface area contributed by atoms with E-state index in [1.807, 2.05) is 0 Å². The van der Waals surface area contributed by atoms with Crippen molar-refractivity contribution in [3.63, 3.8) is 0 Å². The Morgan fingerprint density at radius 2 is 1.63 bits per heavy atom. The highest BCUT2D eigenvalue weighted by Crippen LogP contribution is 2.33. The highest BCUT2D eigenvalue weighted by Gasteiger charge is 2.36. The first-order chi connectivity index (χ1) is 16.8. The monoisotopic (exact) mass is 487 g/mol. The lowest BCUT2D eigenvalue weighted by molar-refractivity contribution is -0.384. The Labute approximate surface area is 202 Å². The van der Waals surface area contributed by atoms with Crippen molar-refractivity contribution < 1.29 is 23.7 Å². The van der Waals surface area contributed by atoms with Gasteiger partial charge in [0.2, 0.25) is 0 Å². The Hall–Kier alpha value is -4.76. The van der Waals surface area contributed by atoms with Gasteiger partial charge in [0.1, 0.15) is 5.76 Å². The standard InChI is InChI=1S/C25H14ClN3O6/c26-19-13-15(28-24(31)17-6-1-2-7-18(17)25(28)32)8-9-20(19)27-23(30)22-11-10-21(35-22)14-4-3-5-16(12-14)29(33)34/h1-13H,(H,27,30). The summed E-state index contributed by atoms with van der Waals surface area (Å²) < 4.78 is 5.57. The maximum Gasteiger partial charge on any atom is 0.291 e. The quantitative estimate of drug-likeness (QED) is 0.223. The molecule has 0 atom stereocenters. The summed E-state index contributed by atoms with van der Waals surface area (Å²) in [6, 6.07) is 19.7. The molecule has 2 heterocycles. The van der Waals surface area contributed by atoms with Crippen molar-refractivity contribution in [2.75, 3.05) is 10.2 Å². The van der Waals surface area contributed by atoms with E-state index in [0.29, 0.717) is 16.7 Å². The van der Waals surface area contributed by atoms with Crippen LogP contribution in [0, 0.1) is 10.1 Å². The van der Waals surface area contributed by atoms with Gasteiger partial charge in [0.05, 0.1) is 32.4 Å². The molecular formula is C25H14ClN3O6. The predicted molar refractivity (Wildman–Crippen MR) is 128 cm³/mol. The third-order valence-corrected chi connectivity index (χ3v) is 5.74. The number of rotatable bonds is 5. The van der Waals surface area contributed by atoms with Gasteiger partial charge in [-0.2, -0.15) is 0 Å². The van der Waals surface area contributed by atoms with Gasteiger partial charge >= 0.3 is 0 Å². The summed E-state index contributed by atoms with van der Waals surface area (Å²) in [6.07, 6.45) is 0. The number of amides is 3. The molecule has 1 aliphatic heterocycles. The Bertz CT molecular complexity index is 1510. The van der Waals surface area contributed by atoms with Crippen molar-refractivity contribution >= 4 is 46.4 Å². The van der Waals surface area contributed by atoms with Crippen molar-refractivity contribution in [2.45, 2.75) is 0 Å². The van der Waals surface area contributed by atoms with E-state index in [9.17, 15) is 24.5 Å². The van der Waals surface area contributed by atoms with Gasteiger partial charge in [-0.15, -0.1) is 0 Å². The maximum absolute atomic E-state index is 12.7. The maximum atomic E-state index is 12.7. The van der Waals surface area contributed by atoms with Gasteiger partial charge in [-0.25, -0.2) is 4.90 Å². The molecule has 0 saturated heterocycles. The first kappa shape index (κ1) is 22.1. The number of nitrogens with zero attached hydrogens (tertiary/aromatic N) is 2. The number of hydrogen-bond donors (Lipinski definition) is 1. The second-order valence-corrected chi connectivity index (χ2v) is 7.99. The van der Waals surface area contributed by atoms with Gasteiger partial charge in [0.15, 0.2) is 5.76 Å². The fourth-order valence-corrected chi connectivity index (χ4v) is 3.96. The molecule has 0 fully saturated rings. The summed E-state index contributed by atoms with van der Waals surface area (Å²) in [5.41, 5.74) is 1.47. The number of non-ortho nitro benzene ring substituents is 1. The van der Waals surface area contributed by atoms with Crippen LogP contribution in [0.25, 0.3) is 11.3 Å². The summed E-state index contributed by atoms with van der Waals surface area (Å²) in [7, 11) is 0. The van der Waals surface area contributed by atoms with E-state index in [2.05, 4.69) is 5.32 Å². The number of nitro benzene ring substituents is 1. The summed E-state index contributed by atoms with van der Waals surface area (Å²) >= 11 is 6.34. The predicted octanol–water partition coefficient (Wildman–Crippen LogP) is 5.56. The van der Waals surface area contributed by atoms with Crippen LogP contribution in [0.5, 0.6) is 0 Å². The number of benzene rings is 3. The SMILES string of the molecule is O=C(Nc1ccc(N2C(=O)c3ccccc3C2=O)cc1Cl)c1ccc(-c2cccc([N+](=O)[O-])c2)o1. The number of halogens is 1. The lowest BCUT2D eigenvalue weighted by atomic mass is 10.1. The first-order valence-electron chi connectivity index (χ1n) is 10.3. The first-order valence-corrected chi connectivity index (χ1v) is 10.6. The van der Waals surface area contributed by atoms with Crippen LogP contribution in [0.4, 0.5) is 17.1 Å². The number of carbonyl (C=O) groups excluding carboxylic acids is 3. The molecule has 0 saturated carbocycles. The number of furan rings is 1. The van der Waals surface area contributed by atoms with Crippen LogP contribution in [-0.2, 0) is 0 Å². The molecule has 3 amide bonds. The van der Waals surface area contributed by atoms with E-state index in [1.165, 1.54) is 48.5 Å². The van der Waals surface area contributed by atoms with Crippen LogP contribution >= 0.6 is 11.6 Å². The Morgan fingerprint density at radius 1 is 0.914 bits per heavy atom. The fraction of sp³-hybridized carbons (Fsp3) is 0. The average molecular weight is 488 g/mol. The van der Waals surface area contributed by atoms with Gasteiger partial charge in [-0.05, 0) is 42.5 Å². The van der Waals surface area contributed by atoms with Gasteiger partial charge in [-0.3, -0.25) is 24.5 Å². The number of nitrogens with one attached hydrogen (secondary N) is 1. The summed E-state index contributed by atoms with van der Waals surface area (Å²) in [5.74, 6) is -1.26. The number of hydrogen-bond acceptors (Lipinski definition) is 6. The molecule has 5 rings (SSSR count). The average Bonchev–Trinajstić information content (AvgIpc) is 3.45. The van der Waals surface area contributed by atoms with Crippen LogP contribution in [0.1, 0.15) is 31.3 Å². The lowest BCUT2D eigenvalue weighted by Gasteiger charge is -2.15. The van der Waals surface area contributed by atoms with Crippen LogP contribution in [0.2, 0.25) is 5.02 Å². The van der Waals surface area contributed by atoms with Crippen LogP contribution in [0.3, 0.4) is 0 Å². The zero-order valence-electron chi connectivity index (χ0n) is 17.7. The second kappa shape index (κ2) is 8.54. The molecule has 1 aliphatic rings. The van der Waals surface area contributed by atoms with E-state index >= 15 is 0 Å². The lowest BCUT2D eigenvalue weighted by Crippen LogP contribution is -2.29. The molecule has 9 nitrogen and oxygen atoms in total. The minimum atomic E-state index is -0.600. The minimum Gasteiger partial charge on any atom is -0.451 e. The van der Waals surface area contributed by atoms with E-state index in [-0.39, 0.29) is 33.6 Å². The fourth-order valence-electron chi connectivity index (χ4n) is 3.74. The van der Waals surface area contributed by atoms with Crippen LogP contribution < -0.4 is 10.2 Å². The molecule has 1 N–H and O–H groups in total. The molecule has 35 heavy (non-hydrogen) atoms. The molecule has 172 valence electrons. The van der Waals surface area contributed by atoms with Gasteiger partial charge < -0.3 is 9.73 Å². The van der Waals surface area contributed by atoms with E-state index < -0.39 is 22.6 Å². The number of imide groups is 1. The Kier molecular flexibility index (Phi) is 5.38. The highest BCUT2D eigenvalue weighted by atomic mass is 35.5. The molecule has 0 radical (unpaired) electrons. The van der Waals surface area contributed by atoms with Crippen molar-refractivity contribution in [1.82, 2.24) is 0 Å². The number of carbonyl (C=O) groups is 3. The van der Waals surface area contributed by atoms with Gasteiger partial charge in [0.25, 0.3) is 23.4 Å². The molecule has 10 heteroatoms. The van der Waals surface area contributed by atoms with Crippen molar-refractivity contribution in [2.24, 2.45) is 0 Å². The molecule has 3 aromatic carbocycles. The molecule has 0 unspecified atom stereocenters. The van der Waals surface area contributed by atoms with Crippen molar-refractivity contribution in [3.8, 4) is 11.3 Å². The topological polar surface area (TPSA) is 123 Å².